The van der Waals surface area contributed by atoms with Gasteiger partial charge in [-0.25, -0.2) is 0 Å². The summed E-state index contributed by atoms with van der Waals surface area (Å²) < 4.78 is 1.21. The van der Waals surface area contributed by atoms with Crippen LogP contribution in [0.4, 0.5) is 0 Å². The third-order valence-electron chi connectivity index (χ3n) is 6.57. The van der Waals surface area contributed by atoms with Gasteiger partial charge in [-0.2, -0.15) is 10.5 Å². The summed E-state index contributed by atoms with van der Waals surface area (Å²) in [7, 11) is 0. The molecular weight excluding hydrogens is 553 g/mol. The number of hydrogen-bond donors (Lipinski definition) is 1. The summed E-state index contributed by atoms with van der Waals surface area (Å²) in [6, 6.07) is 39.9. The first-order chi connectivity index (χ1) is 17.6. The topological polar surface area (TPSA) is 59.6 Å². The monoisotopic (exact) mass is 581 g/mol. The molecule has 0 amide bonds. The molecule has 4 aromatic carbocycles. The maximum Gasteiger partial charge on any atom is 0.0991 e. The van der Waals surface area contributed by atoms with E-state index in [1.807, 2.05) is 36.4 Å². The SMILES string of the molecule is C[C@H](NC(CC#N)c1cccc(-c2ccccc2)c1)[C@@H](Cc1ccc(I)cc1)c1cccc(C#N)c1. The van der Waals surface area contributed by atoms with Crippen LogP contribution in [0.15, 0.2) is 103 Å². The van der Waals surface area contributed by atoms with Gasteiger partial charge in [-0.1, -0.05) is 72.8 Å². The van der Waals surface area contributed by atoms with Crippen molar-refractivity contribution in [2.24, 2.45) is 0 Å². The minimum atomic E-state index is -0.105. The Hall–Kier alpha value is -3.45. The van der Waals surface area contributed by atoms with Gasteiger partial charge in [0, 0.05) is 21.6 Å². The molecule has 0 heterocycles. The number of halogens is 1. The molecule has 0 aromatic heterocycles. The summed E-state index contributed by atoms with van der Waals surface area (Å²) in [5.41, 5.74) is 6.44. The summed E-state index contributed by atoms with van der Waals surface area (Å²) in [6.07, 6.45) is 1.21. The first kappa shape index (κ1) is 25.6. The van der Waals surface area contributed by atoms with Crippen LogP contribution in [0.3, 0.4) is 0 Å². The van der Waals surface area contributed by atoms with Crippen molar-refractivity contribution in [2.45, 2.75) is 37.8 Å². The van der Waals surface area contributed by atoms with Crippen LogP contribution in [-0.2, 0) is 6.42 Å². The molecule has 0 bridgehead atoms. The third kappa shape index (κ3) is 6.61. The molecule has 3 nitrogen and oxygen atoms in total. The van der Waals surface area contributed by atoms with Crippen LogP contribution in [-0.4, -0.2) is 6.04 Å². The van der Waals surface area contributed by atoms with E-state index < -0.39 is 0 Å². The van der Waals surface area contributed by atoms with Gasteiger partial charge in [-0.3, -0.25) is 0 Å². The highest BCUT2D eigenvalue weighted by atomic mass is 127. The Bertz CT molecular complexity index is 1370. The number of rotatable bonds is 9. The van der Waals surface area contributed by atoms with Gasteiger partial charge in [0.1, 0.15) is 0 Å². The third-order valence-corrected chi connectivity index (χ3v) is 7.29. The molecule has 3 atom stereocenters. The van der Waals surface area contributed by atoms with Gasteiger partial charge in [-0.15, -0.1) is 0 Å². The lowest BCUT2D eigenvalue weighted by molar-refractivity contribution is 0.401. The van der Waals surface area contributed by atoms with Crippen LogP contribution in [0.2, 0.25) is 0 Å². The van der Waals surface area contributed by atoms with Crippen LogP contribution >= 0.6 is 22.6 Å². The molecule has 1 unspecified atom stereocenters. The fourth-order valence-electron chi connectivity index (χ4n) is 4.66. The fraction of sp³-hybridized carbons (Fsp3) is 0.188. The number of benzene rings is 4. The zero-order valence-electron chi connectivity index (χ0n) is 20.2. The van der Waals surface area contributed by atoms with Crippen LogP contribution < -0.4 is 5.32 Å². The van der Waals surface area contributed by atoms with E-state index in [0.29, 0.717) is 12.0 Å². The van der Waals surface area contributed by atoms with Crippen molar-refractivity contribution in [1.82, 2.24) is 5.32 Å². The van der Waals surface area contributed by atoms with Gasteiger partial charge in [0.2, 0.25) is 0 Å². The summed E-state index contributed by atoms with van der Waals surface area (Å²) in [5, 5.41) is 22.9. The molecule has 1 N–H and O–H groups in total. The predicted octanol–water partition coefficient (Wildman–Crippen LogP) is 7.79. The quantitative estimate of drug-likeness (QED) is 0.205. The van der Waals surface area contributed by atoms with Crippen LogP contribution in [0.5, 0.6) is 0 Å². The van der Waals surface area contributed by atoms with Gasteiger partial charge < -0.3 is 5.32 Å². The highest BCUT2D eigenvalue weighted by Crippen LogP contribution is 2.30. The molecule has 4 aromatic rings. The van der Waals surface area contributed by atoms with E-state index in [-0.39, 0.29) is 18.0 Å². The first-order valence-corrected chi connectivity index (χ1v) is 13.2. The molecule has 0 saturated carbocycles. The van der Waals surface area contributed by atoms with Gasteiger partial charge in [0.25, 0.3) is 0 Å². The smallest absolute Gasteiger partial charge is 0.0991 e. The number of hydrogen-bond acceptors (Lipinski definition) is 3. The molecular formula is C32H28IN3. The van der Waals surface area contributed by atoms with Crippen molar-refractivity contribution < 1.29 is 0 Å². The predicted molar refractivity (Wildman–Crippen MR) is 154 cm³/mol. The molecule has 0 saturated heterocycles. The zero-order valence-corrected chi connectivity index (χ0v) is 22.4. The normalized spacial score (nSPS) is 13.2. The van der Waals surface area contributed by atoms with Crippen molar-refractivity contribution in [3.8, 4) is 23.3 Å². The lowest BCUT2D eigenvalue weighted by Gasteiger charge is -2.30. The van der Waals surface area contributed by atoms with E-state index in [4.69, 9.17) is 0 Å². The Morgan fingerprint density at radius 3 is 2.19 bits per heavy atom. The molecule has 0 aliphatic rings. The van der Waals surface area contributed by atoms with Crippen LogP contribution in [0, 0.1) is 26.2 Å². The Morgan fingerprint density at radius 1 is 0.778 bits per heavy atom. The van der Waals surface area contributed by atoms with E-state index in [1.165, 1.54) is 9.13 Å². The summed E-state index contributed by atoms with van der Waals surface area (Å²) >= 11 is 2.32. The molecule has 4 rings (SSSR count). The summed E-state index contributed by atoms with van der Waals surface area (Å²) in [6.45, 7) is 2.18. The Balaban J connectivity index is 1.64. The zero-order chi connectivity index (χ0) is 25.3. The van der Waals surface area contributed by atoms with E-state index in [9.17, 15) is 10.5 Å². The second-order valence-corrected chi connectivity index (χ2v) is 10.3. The van der Waals surface area contributed by atoms with Gasteiger partial charge in [-0.05, 0) is 94.1 Å². The lowest BCUT2D eigenvalue weighted by Crippen LogP contribution is -2.36. The molecule has 0 radical (unpaired) electrons. The van der Waals surface area contributed by atoms with E-state index >= 15 is 0 Å². The maximum absolute atomic E-state index is 9.66. The Kier molecular flexibility index (Phi) is 8.90. The minimum Gasteiger partial charge on any atom is -0.306 e. The average molecular weight is 582 g/mol. The fourth-order valence-corrected chi connectivity index (χ4v) is 5.02. The van der Waals surface area contributed by atoms with Crippen molar-refractivity contribution >= 4 is 22.6 Å². The molecule has 0 spiro atoms. The maximum atomic E-state index is 9.66. The second-order valence-electron chi connectivity index (χ2n) is 9.04. The van der Waals surface area contributed by atoms with Crippen molar-refractivity contribution in [3.63, 3.8) is 0 Å². The van der Waals surface area contributed by atoms with Gasteiger partial charge >= 0.3 is 0 Å². The minimum absolute atomic E-state index is 0.0666. The van der Waals surface area contributed by atoms with Crippen molar-refractivity contribution in [2.75, 3.05) is 0 Å². The number of nitrogens with one attached hydrogen (secondary N) is 1. The largest absolute Gasteiger partial charge is 0.306 e. The molecule has 0 aliphatic carbocycles. The number of nitriles is 2. The highest BCUT2D eigenvalue weighted by Gasteiger charge is 2.24. The molecule has 0 aliphatic heterocycles. The van der Waals surface area contributed by atoms with Crippen LogP contribution in [0.1, 0.15) is 47.6 Å². The van der Waals surface area contributed by atoms with E-state index in [0.717, 1.165) is 28.7 Å². The Morgan fingerprint density at radius 2 is 1.47 bits per heavy atom. The standard InChI is InChI=1S/C32H28IN3/c1-23(31(20-24-13-15-30(33)16-14-24)28-11-5-7-25(19-28)22-35)36-32(17-18-34)29-12-6-10-27(21-29)26-8-3-2-4-9-26/h2-16,19,21,23,31-32,36H,17,20H2,1H3/t23-,31+,32?/m0/s1. The van der Waals surface area contributed by atoms with Crippen molar-refractivity contribution in [1.29, 1.82) is 10.5 Å². The lowest BCUT2D eigenvalue weighted by atomic mass is 9.85. The average Bonchev–Trinajstić information content (AvgIpc) is 2.93. The highest BCUT2D eigenvalue weighted by molar-refractivity contribution is 14.1. The van der Waals surface area contributed by atoms with Crippen LogP contribution in [0.25, 0.3) is 11.1 Å². The van der Waals surface area contributed by atoms with Gasteiger partial charge in [0.05, 0.1) is 24.1 Å². The first-order valence-electron chi connectivity index (χ1n) is 12.1. The molecule has 4 heteroatoms. The molecule has 0 fully saturated rings. The number of nitrogens with zero attached hydrogens (tertiary/aromatic N) is 2. The van der Waals surface area contributed by atoms with E-state index in [1.54, 1.807) is 0 Å². The molecule has 178 valence electrons. The molecule has 36 heavy (non-hydrogen) atoms. The second kappa shape index (κ2) is 12.5. The summed E-state index contributed by atoms with van der Waals surface area (Å²) in [4.78, 5) is 0. The van der Waals surface area contributed by atoms with E-state index in [2.05, 4.69) is 114 Å². The van der Waals surface area contributed by atoms with Crippen molar-refractivity contribution in [3.05, 3.63) is 129 Å². The Labute approximate surface area is 227 Å². The van der Waals surface area contributed by atoms with Gasteiger partial charge in [0.15, 0.2) is 0 Å². The summed E-state index contributed by atoms with van der Waals surface area (Å²) in [5.74, 6) is 0.136.